The van der Waals surface area contributed by atoms with Gasteiger partial charge in [0.1, 0.15) is 0 Å². The summed E-state index contributed by atoms with van der Waals surface area (Å²) in [5, 5.41) is 34.5. The quantitative estimate of drug-likeness (QED) is 0.549. The van der Waals surface area contributed by atoms with Crippen molar-refractivity contribution in [2.75, 3.05) is 0 Å². The Morgan fingerprint density at radius 1 is 0.857 bits per heavy atom. The minimum absolute atomic E-state index is 0.00282. The van der Waals surface area contributed by atoms with Crippen LogP contribution in [0.2, 0.25) is 0 Å². The van der Waals surface area contributed by atoms with Gasteiger partial charge in [0.05, 0.1) is 0 Å². The van der Waals surface area contributed by atoms with Crippen molar-refractivity contribution < 1.29 is 0 Å². The van der Waals surface area contributed by atoms with Gasteiger partial charge in [0, 0.05) is 0 Å². The van der Waals surface area contributed by atoms with Crippen molar-refractivity contribution in [3.8, 4) is 24.3 Å². The molecule has 0 fully saturated rings. The normalized spacial score (nSPS) is 7.43. The number of nitriles is 4. The Balaban J connectivity index is 3.70. The standard InChI is InChI=1S/C8BN5/c10-1-5-6(2-11)8(4-13)14-9-7(5)3-12. The molecule has 1 aromatic rings. The van der Waals surface area contributed by atoms with Crippen LogP contribution in [0.3, 0.4) is 0 Å². The van der Waals surface area contributed by atoms with Gasteiger partial charge in [-0.3, -0.25) is 0 Å². The van der Waals surface area contributed by atoms with E-state index in [9.17, 15) is 0 Å². The summed E-state index contributed by atoms with van der Waals surface area (Å²) in [5.74, 6) is 0. The van der Waals surface area contributed by atoms with Gasteiger partial charge in [-0.1, -0.05) is 0 Å². The van der Waals surface area contributed by atoms with Crippen LogP contribution in [0.4, 0.5) is 0 Å². The molecule has 0 aliphatic rings. The van der Waals surface area contributed by atoms with Gasteiger partial charge in [-0.15, -0.1) is 0 Å². The van der Waals surface area contributed by atoms with Crippen molar-refractivity contribution in [1.29, 1.82) is 21.0 Å². The SMILES string of the molecule is N#Cc1bnc(C#N)c(C#N)c1C#N. The van der Waals surface area contributed by atoms with Crippen molar-refractivity contribution in [2.24, 2.45) is 0 Å². The summed E-state index contributed by atoms with van der Waals surface area (Å²) in [4.78, 5) is 3.59. The second-order valence-corrected chi connectivity index (χ2v) is 2.22. The Morgan fingerprint density at radius 3 is 1.93 bits per heavy atom. The molecule has 1 rings (SSSR count). The molecule has 14 heavy (non-hydrogen) atoms. The molecule has 0 aromatic carbocycles. The van der Waals surface area contributed by atoms with E-state index in [1.54, 1.807) is 24.3 Å². The van der Waals surface area contributed by atoms with Crippen molar-refractivity contribution in [2.45, 2.75) is 0 Å². The number of aromatic nitrogens is 1. The Morgan fingerprint density at radius 2 is 1.50 bits per heavy atom. The van der Waals surface area contributed by atoms with Crippen LogP contribution in [0.15, 0.2) is 0 Å². The molecular formula is C8BN5. The Hall–Kier alpha value is -2.70. The van der Waals surface area contributed by atoms with Crippen LogP contribution >= 0.6 is 0 Å². The van der Waals surface area contributed by atoms with Crippen LogP contribution in [0.1, 0.15) is 22.3 Å². The monoisotopic (exact) mass is 177 g/mol. The van der Waals surface area contributed by atoms with Crippen molar-refractivity contribution in [3.63, 3.8) is 0 Å². The van der Waals surface area contributed by atoms with Crippen molar-refractivity contribution in [3.05, 3.63) is 22.3 Å². The van der Waals surface area contributed by atoms with E-state index in [1.165, 1.54) is 0 Å². The summed E-state index contributed by atoms with van der Waals surface area (Å²) in [6.45, 7) is 0. The molecule has 0 aliphatic heterocycles. The molecule has 6 heteroatoms. The predicted molar refractivity (Wildman–Crippen MR) is 44.4 cm³/mol. The van der Waals surface area contributed by atoms with Crippen LogP contribution in [-0.2, 0) is 0 Å². The summed E-state index contributed by atoms with van der Waals surface area (Å²) < 4.78 is 0. The second kappa shape index (κ2) is 3.81. The van der Waals surface area contributed by atoms with E-state index < -0.39 is 0 Å². The van der Waals surface area contributed by atoms with E-state index in [4.69, 9.17) is 21.0 Å². The van der Waals surface area contributed by atoms with Crippen LogP contribution in [0.5, 0.6) is 0 Å². The van der Waals surface area contributed by atoms with E-state index >= 15 is 0 Å². The fourth-order valence-electron chi connectivity index (χ4n) is 0.906. The molecule has 0 bridgehead atoms. The van der Waals surface area contributed by atoms with E-state index in [0.29, 0.717) is 0 Å². The van der Waals surface area contributed by atoms with Gasteiger partial charge < -0.3 is 0 Å². The fraction of sp³-hybridized carbons (Fsp3) is 0. The number of rotatable bonds is 0. The Bertz CT molecular complexity index is 498. The second-order valence-electron chi connectivity index (χ2n) is 2.22. The summed E-state index contributed by atoms with van der Waals surface area (Å²) in [6.07, 6.45) is 0. The summed E-state index contributed by atoms with van der Waals surface area (Å²) >= 11 is 0. The number of nitrogens with zero attached hydrogens (tertiary/aromatic N) is 5. The topological polar surface area (TPSA) is 108 Å². The first-order valence-corrected chi connectivity index (χ1v) is 3.41. The summed E-state index contributed by atoms with van der Waals surface area (Å²) in [7, 11) is 1.11. The van der Waals surface area contributed by atoms with Gasteiger partial charge >= 0.3 is 79.5 Å². The molecular weight excluding hydrogens is 177 g/mol. The molecule has 0 radical (unpaired) electrons. The zero-order valence-electron chi connectivity index (χ0n) is 6.81. The summed E-state index contributed by atoms with van der Waals surface area (Å²) in [5.41, 5.74) is -0.373. The number of hydrogen-bond acceptors (Lipinski definition) is 5. The van der Waals surface area contributed by atoms with E-state index in [-0.39, 0.29) is 22.3 Å². The van der Waals surface area contributed by atoms with Crippen LogP contribution in [-0.4, -0.2) is 11.9 Å². The maximum absolute atomic E-state index is 8.69. The zero-order valence-corrected chi connectivity index (χ0v) is 6.81. The van der Waals surface area contributed by atoms with E-state index in [0.717, 1.165) is 7.05 Å². The zero-order chi connectivity index (χ0) is 10.6. The first-order valence-electron chi connectivity index (χ1n) is 3.41. The molecule has 0 unspecified atom stereocenters. The fourth-order valence-corrected chi connectivity index (χ4v) is 0.906. The van der Waals surface area contributed by atoms with Crippen LogP contribution in [0, 0.1) is 45.3 Å². The maximum atomic E-state index is 8.69. The average molecular weight is 177 g/mol. The Kier molecular flexibility index (Phi) is 2.56. The van der Waals surface area contributed by atoms with Gasteiger partial charge in [0.15, 0.2) is 0 Å². The first-order chi connectivity index (χ1) is 6.78. The van der Waals surface area contributed by atoms with Gasteiger partial charge in [-0.25, -0.2) is 0 Å². The number of hydrogen-bond donors (Lipinski definition) is 0. The molecule has 0 atom stereocenters. The first kappa shape index (κ1) is 9.39. The molecule has 1 heterocycles. The van der Waals surface area contributed by atoms with Crippen LogP contribution in [0.25, 0.3) is 0 Å². The third-order valence-corrected chi connectivity index (χ3v) is 1.53. The molecule has 5 nitrogen and oxygen atoms in total. The summed E-state index contributed by atoms with van der Waals surface area (Å²) in [6, 6.07) is 6.79. The van der Waals surface area contributed by atoms with E-state index in [1.807, 2.05) is 0 Å². The molecule has 0 amide bonds. The molecule has 0 spiro atoms. The molecule has 0 saturated carbocycles. The Labute approximate surface area is 80.3 Å². The van der Waals surface area contributed by atoms with Gasteiger partial charge in [0.25, 0.3) is 0 Å². The average Bonchev–Trinajstić information content (AvgIpc) is 2.26. The van der Waals surface area contributed by atoms with Crippen LogP contribution < -0.4 is 0 Å². The van der Waals surface area contributed by atoms with Gasteiger partial charge in [0.2, 0.25) is 0 Å². The predicted octanol–water partition coefficient (Wildman–Crippen LogP) is -0.0936. The molecule has 0 saturated heterocycles. The third-order valence-electron chi connectivity index (χ3n) is 1.53. The van der Waals surface area contributed by atoms with Gasteiger partial charge in [-0.2, -0.15) is 0 Å². The molecule has 1 aromatic heterocycles. The third kappa shape index (κ3) is 1.29. The van der Waals surface area contributed by atoms with E-state index in [2.05, 4.69) is 4.89 Å². The van der Waals surface area contributed by atoms with Crippen molar-refractivity contribution >= 4 is 7.05 Å². The molecule has 60 valence electrons. The van der Waals surface area contributed by atoms with Crippen molar-refractivity contribution in [1.82, 2.24) is 4.89 Å². The molecule has 0 N–H and O–H groups in total. The molecule has 0 aliphatic carbocycles. The van der Waals surface area contributed by atoms with Gasteiger partial charge in [-0.05, 0) is 0 Å². The minimum atomic E-state index is -0.144.